The molecule has 0 aliphatic rings. The van der Waals surface area contributed by atoms with Gasteiger partial charge < -0.3 is 0 Å². The molecular weight excluding hydrogens is 293 g/mol. The molecule has 2 aromatic rings. The molecule has 0 atom stereocenters. The Labute approximate surface area is 124 Å². The molecule has 114 valence electrons. The summed E-state index contributed by atoms with van der Waals surface area (Å²) in [5.41, 5.74) is 1.89. The van der Waals surface area contributed by atoms with Crippen molar-refractivity contribution in [1.82, 2.24) is 14.1 Å². The smallest absolute Gasteiger partial charge is 0.246 e. The van der Waals surface area contributed by atoms with Crippen LogP contribution in [0.2, 0.25) is 0 Å². The van der Waals surface area contributed by atoms with Crippen LogP contribution in [0.3, 0.4) is 0 Å². The van der Waals surface area contributed by atoms with Crippen LogP contribution in [-0.4, -0.2) is 36.6 Å². The Kier molecular flexibility index (Phi) is 4.15. The van der Waals surface area contributed by atoms with E-state index in [1.165, 1.54) is 30.5 Å². The fourth-order valence-electron chi connectivity index (χ4n) is 2.15. The lowest BCUT2D eigenvalue weighted by Crippen LogP contribution is -2.23. The zero-order chi connectivity index (χ0) is 15.8. The number of aryl methyl sites for hydroxylation is 1. The Morgan fingerprint density at radius 1 is 1.19 bits per heavy atom. The van der Waals surface area contributed by atoms with Crippen molar-refractivity contribution in [2.24, 2.45) is 0 Å². The molecule has 0 saturated carbocycles. The Morgan fingerprint density at radius 2 is 1.76 bits per heavy atom. The number of rotatable bonds is 4. The summed E-state index contributed by atoms with van der Waals surface area (Å²) in [5.74, 6) is -0.303. The number of sulfonamides is 1. The lowest BCUT2D eigenvalue weighted by molar-refractivity contribution is 0.519. The van der Waals surface area contributed by atoms with Crippen LogP contribution in [0.15, 0.2) is 29.2 Å². The van der Waals surface area contributed by atoms with E-state index in [4.69, 9.17) is 0 Å². The third kappa shape index (κ3) is 2.98. The number of benzene rings is 1. The van der Waals surface area contributed by atoms with Gasteiger partial charge in [-0.25, -0.2) is 17.1 Å². The monoisotopic (exact) mass is 311 g/mol. The minimum absolute atomic E-state index is 0.231. The molecule has 5 nitrogen and oxygen atoms in total. The average Bonchev–Trinajstić information content (AvgIpc) is 2.67. The fourth-order valence-corrected chi connectivity index (χ4v) is 3.41. The molecule has 0 aliphatic heterocycles. The molecule has 0 aliphatic carbocycles. The first-order chi connectivity index (χ1) is 9.73. The van der Waals surface area contributed by atoms with Gasteiger partial charge in [-0.3, -0.25) is 4.68 Å². The summed E-state index contributed by atoms with van der Waals surface area (Å²) >= 11 is 0. The Balaban J connectivity index is 2.42. The van der Waals surface area contributed by atoms with Crippen LogP contribution in [0.1, 0.15) is 17.0 Å². The summed E-state index contributed by atoms with van der Waals surface area (Å²) in [6.45, 7) is 3.79. The quantitative estimate of drug-likeness (QED) is 0.867. The largest absolute Gasteiger partial charge is 0.264 e. The molecule has 0 fully saturated rings. The Hall–Kier alpha value is -1.73. The Bertz CT molecular complexity index is 749. The van der Waals surface area contributed by atoms with Crippen molar-refractivity contribution in [2.75, 3.05) is 14.1 Å². The van der Waals surface area contributed by atoms with Gasteiger partial charge in [-0.1, -0.05) is 12.1 Å². The van der Waals surface area contributed by atoms with Crippen molar-refractivity contribution < 1.29 is 12.8 Å². The minimum Gasteiger partial charge on any atom is -0.264 e. The zero-order valence-electron chi connectivity index (χ0n) is 12.5. The lowest BCUT2D eigenvalue weighted by atomic mass is 10.2. The summed E-state index contributed by atoms with van der Waals surface area (Å²) in [6.07, 6.45) is 0. The van der Waals surface area contributed by atoms with Gasteiger partial charge in [0.15, 0.2) is 0 Å². The zero-order valence-corrected chi connectivity index (χ0v) is 13.3. The first kappa shape index (κ1) is 15.7. The van der Waals surface area contributed by atoms with E-state index < -0.39 is 10.0 Å². The van der Waals surface area contributed by atoms with Gasteiger partial charge in [0.1, 0.15) is 10.7 Å². The maximum atomic E-state index is 12.9. The fraction of sp³-hybridized carbons (Fsp3) is 0.357. The van der Waals surface area contributed by atoms with Crippen molar-refractivity contribution in [3.8, 4) is 0 Å². The van der Waals surface area contributed by atoms with E-state index in [-0.39, 0.29) is 10.7 Å². The van der Waals surface area contributed by atoms with Gasteiger partial charge in [0.05, 0.1) is 17.9 Å². The molecule has 1 heterocycles. The summed E-state index contributed by atoms with van der Waals surface area (Å²) in [6, 6.07) is 6.06. The molecule has 0 N–H and O–H groups in total. The van der Waals surface area contributed by atoms with Crippen LogP contribution in [-0.2, 0) is 16.6 Å². The van der Waals surface area contributed by atoms with Gasteiger partial charge in [0.2, 0.25) is 10.0 Å². The van der Waals surface area contributed by atoms with E-state index in [1.54, 1.807) is 30.7 Å². The van der Waals surface area contributed by atoms with Crippen LogP contribution >= 0.6 is 0 Å². The second-order valence-electron chi connectivity index (χ2n) is 5.07. The minimum atomic E-state index is -3.53. The number of halogens is 1. The van der Waals surface area contributed by atoms with Crippen LogP contribution in [0.4, 0.5) is 4.39 Å². The van der Waals surface area contributed by atoms with Crippen molar-refractivity contribution >= 4 is 10.0 Å². The van der Waals surface area contributed by atoms with Gasteiger partial charge in [0.25, 0.3) is 0 Å². The van der Waals surface area contributed by atoms with Gasteiger partial charge >= 0.3 is 0 Å². The SMILES string of the molecule is Cc1nn(Cc2ccc(F)cc2)c(C)c1S(=O)(=O)N(C)C. The van der Waals surface area contributed by atoms with E-state index in [0.29, 0.717) is 17.9 Å². The molecule has 7 heteroatoms. The van der Waals surface area contributed by atoms with Crippen LogP contribution < -0.4 is 0 Å². The van der Waals surface area contributed by atoms with Crippen molar-refractivity contribution in [2.45, 2.75) is 25.3 Å². The van der Waals surface area contributed by atoms with E-state index >= 15 is 0 Å². The molecule has 0 saturated heterocycles. The predicted octanol–water partition coefficient (Wildman–Crippen LogP) is 1.94. The summed E-state index contributed by atoms with van der Waals surface area (Å²) in [7, 11) is -0.543. The second kappa shape index (κ2) is 5.57. The average molecular weight is 311 g/mol. The van der Waals surface area contributed by atoms with Crippen LogP contribution in [0.25, 0.3) is 0 Å². The summed E-state index contributed by atoms with van der Waals surface area (Å²) < 4.78 is 40.3. The van der Waals surface area contributed by atoms with Gasteiger partial charge in [0, 0.05) is 14.1 Å². The number of hydrogen-bond acceptors (Lipinski definition) is 3. The van der Waals surface area contributed by atoms with E-state index in [9.17, 15) is 12.8 Å². The number of aromatic nitrogens is 2. The third-order valence-electron chi connectivity index (χ3n) is 3.30. The van der Waals surface area contributed by atoms with Crippen molar-refractivity contribution in [3.05, 3.63) is 47.0 Å². The molecule has 2 rings (SSSR count). The standard InChI is InChI=1S/C14H18FN3O2S/c1-10-14(21(19,20)17(3)4)11(2)18(16-10)9-12-5-7-13(15)8-6-12/h5-8H,9H2,1-4H3. The van der Waals surface area contributed by atoms with E-state index in [1.807, 2.05) is 0 Å². The van der Waals surface area contributed by atoms with E-state index in [0.717, 1.165) is 5.56 Å². The third-order valence-corrected chi connectivity index (χ3v) is 5.37. The molecule has 0 spiro atoms. The van der Waals surface area contributed by atoms with Crippen LogP contribution in [0.5, 0.6) is 0 Å². The highest BCUT2D eigenvalue weighted by Gasteiger charge is 2.26. The first-order valence-corrected chi connectivity index (χ1v) is 7.88. The highest BCUT2D eigenvalue weighted by molar-refractivity contribution is 7.89. The normalized spacial score (nSPS) is 12.1. The molecule has 21 heavy (non-hydrogen) atoms. The number of hydrogen-bond donors (Lipinski definition) is 0. The molecular formula is C14H18FN3O2S. The van der Waals surface area contributed by atoms with Crippen molar-refractivity contribution in [1.29, 1.82) is 0 Å². The molecule has 0 radical (unpaired) electrons. The predicted molar refractivity (Wildman–Crippen MR) is 78.1 cm³/mol. The highest BCUT2D eigenvalue weighted by Crippen LogP contribution is 2.22. The maximum absolute atomic E-state index is 12.9. The molecule has 1 aromatic carbocycles. The molecule has 1 aromatic heterocycles. The first-order valence-electron chi connectivity index (χ1n) is 6.44. The van der Waals surface area contributed by atoms with Crippen molar-refractivity contribution in [3.63, 3.8) is 0 Å². The van der Waals surface area contributed by atoms with Gasteiger partial charge in [-0.15, -0.1) is 0 Å². The molecule has 0 amide bonds. The second-order valence-corrected chi connectivity index (χ2v) is 7.16. The highest BCUT2D eigenvalue weighted by atomic mass is 32.2. The van der Waals surface area contributed by atoms with E-state index in [2.05, 4.69) is 5.10 Å². The van der Waals surface area contributed by atoms with Crippen LogP contribution in [0, 0.1) is 19.7 Å². The maximum Gasteiger partial charge on any atom is 0.246 e. The lowest BCUT2D eigenvalue weighted by Gasteiger charge is -2.11. The summed E-state index contributed by atoms with van der Waals surface area (Å²) in [5, 5.41) is 4.29. The molecule has 0 bridgehead atoms. The topological polar surface area (TPSA) is 55.2 Å². The summed E-state index contributed by atoms with van der Waals surface area (Å²) in [4.78, 5) is 0.231. The Morgan fingerprint density at radius 3 is 2.29 bits per heavy atom. The number of nitrogens with zero attached hydrogens (tertiary/aromatic N) is 3. The van der Waals surface area contributed by atoms with Gasteiger partial charge in [-0.05, 0) is 31.5 Å². The van der Waals surface area contributed by atoms with Gasteiger partial charge in [-0.2, -0.15) is 5.10 Å². The molecule has 0 unspecified atom stereocenters.